The quantitative estimate of drug-likeness (QED) is 0.340. The van der Waals surface area contributed by atoms with Gasteiger partial charge in [-0.05, 0) is 0 Å². The molecule has 158 valence electrons. The van der Waals surface area contributed by atoms with E-state index in [0.717, 1.165) is 12.3 Å². The standard InChI is InChI=1S/C13H9.C11H15.C3H6.2ClH.Zr/c1-3-7-12-10(5-1)9-11-6-2-4-8-13(11)12;1-2-6-10(7-3-1)11-8-4-5-9-11;1-3-2;;;/h1-5,7-8H,9H2;8-10H,1-4,6-7H2;1-2H3;2*1H;. The van der Waals surface area contributed by atoms with Crippen LogP contribution in [0.3, 0.4) is 0 Å². The van der Waals surface area contributed by atoms with E-state index in [4.69, 9.17) is 0 Å². The minimum Gasteiger partial charge on any atom is -0.147 e. The van der Waals surface area contributed by atoms with Crippen molar-refractivity contribution in [2.75, 3.05) is 0 Å². The van der Waals surface area contributed by atoms with E-state index >= 15 is 0 Å². The third kappa shape index (κ3) is 4.41. The Bertz CT molecular complexity index is 1020. The van der Waals surface area contributed by atoms with Gasteiger partial charge in [0.25, 0.3) is 0 Å². The summed E-state index contributed by atoms with van der Waals surface area (Å²) < 4.78 is 5.27. The third-order valence-electron chi connectivity index (χ3n) is 6.92. The first-order valence-corrected chi connectivity index (χ1v) is 14.7. The van der Waals surface area contributed by atoms with Crippen molar-refractivity contribution in [1.82, 2.24) is 0 Å². The zero-order chi connectivity index (χ0) is 19.1. The normalized spacial score (nSPS) is 17.1. The zero-order valence-corrected chi connectivity index (χ0v) is 22.1. The topological polar surface area (TPSA) is 0 Å². The number of allylic oxidation sites excluding steroid dienone is 4. The van der Waals surface area contributed by atoms with Gasteiger partial charge in [-0.2, -0.15) is 0 Å². The number of rotatable bonds is 3. The smallest absolute Gasteiger partial charge is 0.147 e. The molecule has 0 bridgehead atoms. The van der Waals surface area contributed by atoms with Crippen molar-refractivity contribution in [2.24, 2.45) is 5.92 Å². The molecule has 0 unspecified atom stereocenters. The minimum absolute atomic E-state index is 0. The fraction of sp³-hybridized carbons (Fsp3) is 0.370. The SMILES string of the molecule is C[C](C)=[Zr]([C]1=CC(C2CCCCC2)=CC1)[c]1cccc2c1Cc1ccccc1-2.Cl.Cl. The molecular weight excluding hydrogens is 486 g/mol. The molecule has 30 heavy (non-hydrogen) atoms. The molecule has 0 saturated heterocycles. The van der Waals surface area contributed by atoms with E-state index in [2.05, 4.69) is 68.5 Å². The zero-order valence-electron chi connectivity index (χ0n) is 18.0. The Morgan fingerprint density at radius 3 is 2.37 bits per heavy atom. The second kappa shape index (κ2) is 10.2. The van der Waals surface area contributed by atoms with Crippen molar-refractivity contribution in [3.63, 3.8) is 0 Å². The molecule has 5 rings (SSSR count). The van der Waals surface area contributed by atoms with E-state index < -0.39 is 21.3 Å². The molecule has 3 heteroatoms. The van der Waals surface area contributed by atoms with Gasteiger partial charge in [0, 0.05) is 0 Å². The molecule has 0 N–H and O–H groups in total. The molecule has 0 aliphatic heterocycles. The molecule has 3 aliphatic rings. The summed E-state index contributed by atoms with van der Waals surface area (Å²) in [4.78, 5) is 0. The Morgan fingerprint density at radius 2 is 1.60 bits per heavy atom. The van der Waals surface area contributed by atoms with Gasteiger partial charge in [0.15, 0.2) is 0 Å². The Hall–Kier alpha value is -0.747. The number of hydrogen-bond acceptors (Lipinski definition) is 0. The van der Waals surface area contributed by atoms with E-state index in [1.807, 2.05) is 3.28 Å². The molecule has 1 fully saturated rings. The molecule has 3 aliphatic carbocycles. The number of hydrogen-bond donors (Lipinski definition) is 0. The van der Waals surface area contributed by atoms with Gasteiger partial charge in [0.2, 0.25) is 0 Å². The monoisotopic (exact) mass is 516 g/mol. The maximum atomic E-state index is 2.67. The Labute approximate surface area is 201 Å². The van der Waals surface area contributed by atoms with Crippen LogP contribution in [0.5, 0.6) is 0 Å². The maximum Gasteiger partial charge on any atom is -0.147 e. The van der Waals surface area contributed by atoms with E-state index in [-0.39, 0.29) is 24.8 Å². The van der Waals surface area contributed by atoms with Crippen LogP contribution >= 0.6 is 24.8 Å². The van der Waals surface area contributed by atoms with E-state index in [1.165, 1.54) is 55.2 Å². The second-order valence-electron chi connectivity index (χ2n) is 8.95. The Balaban J connectivity index is 0.00000128. The van der Waals surface area contributed by atoms with Crippen LogP contribution in [0.2, 0.25) is 0 Å². The Morgan fingerprint density at radius 1 is 0.867 bits per heavy atom. The summed E-state index contributed by atoms with van der Waals surface area (Å²) in [5, 5.41) is 0. The van der Waals surface area contributed by atoms with Gasteiger partial charge >= 0.3 is 178 Å². The van der Waals surface area contributed by atoms with Crippen molar-refractivity contribution in [2.45, 2.75) is 58.8 Å². The van der Waals surface area contributed by atoms with Crippen LogP contribution in [0.4, 0.5) is 0 Å². The molecular formula is C27H32Cl2Zr. The molecule has 0 heterocycles. The number of halogens is 2. The van der Waals surface area contributed by atoms with Gasteiger partial charge < -0.3 is 0 Å². The molecule has 0 radical (unpaired) electrons. The molecule has 2 aromatic rings. The predicted octanol–water partition coefficient (Wildman–Crippen LogP) is 7.35. The van der Waals surface area contributed by atoms with Crippen molar-refractivity contribution in [3.8, 4) is 11.1 Å². The van der Waals surface area contributed by atoms with Gasteiger partial charge in [-0.25, -0.2) is 0 Å². The molecule has 0 atom stereocenters. The maximum absolute atomic E-state index is 2.67. The molecule has 0 amide bonds. The first kappa shape index (κ1) is 23.9. The molecule has 0 aromatic heterocycles. The first-order chi connectivity index (χ1) is 13.7. The van der Waals surface area contributed by atoms with Crippen LogP contribution in [0.25, 0.3) is 11.1 Å². The van der Waals surface area contributed by atoms with Gasteiger partial charge in [-0.1, -0.05) is 0 Å². The van der Waals surface area contributed by atoms with Crippen LogP contribution in [0, 0.1) is 5.92 Å². The van der Waals surface area contributed by atoms with Crippen molar-refractivity contribution >= 4 is 31.3 Å². The average molecular weight is 519 g/mol. The number of benzene rings is 2. The molecule has 0 nitrogen and oxygen atoms in total. The molecule has 1 saturated carbocycles. The fourth-order valence-corrected chi connectivity index (χ4v) is 12.8. The van der Waals surface area contributed by atoms with Crippen molar-refractivity contribution in [1.29, 1.82) is 0 Å². The van der Waals surface area contributed by atoms with Crippen molar-refractivity contribution < 1.29 is 21.3 Å². The van der Waals surface area contributed by atoms with Crippen LogP contribution in [0.15, 0.2) is 63.5 Å². The number of fused-ring (bicyclic) bond motifs is 3. The van der Waals surface area contributed by atoms with Gasteiger partial charge in [0.05, 0.1) is 0 Å². The van der Waals surface area contributed by atoms with Crippen LogP contribution < -0.4 is 3.27 Å². The summed E-state index contributed by atoms with van der Waals surface area (Å²) in [6.45, 7) is 4.82. The van der Waals surface area contributed by atoms with E-state index in [0.29, 0.717) is 0 Å². The summed E-state index contributed by atoms with van der Waals surface area (Å²) in [5.74, 6) is 0.846. The average Bonchev–Trinajstić information content (AvgIpc) is 3.34. The molecule has 2 aromatic carbocycles. The van der Waals surface area contributed by atoms with Crippen molar-refractivity contribution in [3.05, 3.63) is 74.6 Å². The second-order valence-corrected chi connectivity index (χ2v) is 16.2. The first-order valence-electron chi connectivity index (χ1n) is 11.0. The van der Waals surface area contributed by atoms with E-state index in [9.17, 15) is 0 Å². The summed E-state index contributed by atoms with van der Waals surface area (Å²) in [7, 11) is 0. The fourth-order valence-electron chi connectivity index (χ4n) is 5.60. The van der Waals surface area contributed by atoms with Gasteiger partial charge in [0.1, 0.15) is 0 Å². The van der Waals surface area contributed by atoms with Crippen LogP contribution in [-0.2, 0) is 27.7 Å². The van der Waals surface area contributed by atoms with Crippen LogP contribution in [0.1, 0.15) is 63.5 Å². The summed E-state index contributed by atoms with van der Waals surface area (Å²) in [6, 6.07) is 16.2. The largest absolute Gasteiger partial charge is 0.147 e. The van der Waals surface area contributed by atoms with Crippen LogP contribution in [-0.4, -0.2) is 3.21 Å². The Kier molecular flexibility index (Phi) is 8.17. The predicted molar refractivity (Wildman–Crippen MR) is 133 cm³/mol. The minimum atomic E-state index is -1.98. The summed E-state index contributed by atoms with van der Waals surface area (Å²) in [5.41, 5.74) is 7.82. The van der Waals surface area contributed by atoms with E-state index in [1.54, 1.807) is 17.6 Å². The summed E-state index contributed by atoms with van der Waals surface area (Å²) >= 11 is -1.98. The third-order valence-corrected chi connectivity index (χ3v) is 14.3. The summed E-state index contributed by atoms with van der Waals surface area (Å²) in [6.07, 6.45) is 14.8. The van der Waals surface area contributed by atoms with Gasteiger partial charge in [-0.15, -0.1) is 24.8 Å². The van der Waals surface area contributed by atoms with Gasteiger partial charge in [-0.3, -0.25) is 0 Å². The molecule has 0 spiro atoms.